The second-order valence-electron chi connectivity index (χ2n) is 4.59. The van der Waals surface area contributed by atoms with Crippen LogP contribution < -0.4 is 10.1 Å². The molecular weight excluding hydrogens is 293 g/mol. The molecule has 0 bridgehead atoms. The van der Waals surface area contributed by atoms with Gasteiger partial charge in [-0.15, -0.1) is 0 Å². The minimum Gasteiger partial charge on any atom is -0.495 e. The van der Waals surface area contributed by atoms with Crippen LogP contribution in [0.2, 0.25) is 10.0 Å². The van der Waals surface area contributed by atoms with E-state index in [1.54, 1.807) is 7.11 Å². The zero-order valence-corrected chi connectivity index (χ0v) is 13.2. The van der Waals surface area contributed by atoms with Crippen LogP contribution in [0.15, 0.2) is 36.4 Å². The van der Waals surface area contributed by atoms with Crippen molar-refractivity contribution in [1.29, 1.82) is 0 Å². The van der Waals surface area contributed by atoms with Crippen LogP contribution >= 0.6 is 23.2 Å². The molecule has 0 fully saturated rings. The van der Waals surface area contributed by atoms with Crippen molar-refractivity contribution in [2.24, 2.45) is 0 Å². The molecule has 0 saturated heterocycles. The van der Waals surface area contributed by atoms with Gasteiger partial charge in [0.25, 0.3) is 0 Å². The number of halogens is 2. The highest BCUT2D eigenvalue weighted by Gasteiger charge is 2.17. The Kier molecular flexibility index (Phi) is 4.92. The summed E-state index contributed by atoms with van der Waals surface area (Å²) >= 11 is 12.6. The van der Waals surface area contributed by atoms with Crippen molar-refractivity contribution in [3.63, 3.8) is 0 Å². The summed E-state index contributed by atoms with van der Waals surface area (Å²) in [6.45, 7) is 2.00. The monoisotopic (exact) mass is 309 g/mol. The minimum absolute atomic E-state index is 0.00851. The summed E-state index contributed by atoms with van der Waals surface area (Å²) < 4.78 is 5.18. The number of benzene rings is 2. The summed E-state index contributed by atoms with van der Waals surface area (Å²) in [5, 5.41) is 4.65. The lowest BCUT2D eigenvalue weighted by atomic mass is 9.97. The van der Waals surface area contributed by atoms with Gasteiger partial charge in [-0.1, -0.05) is 47.5 Å². The molecular formula is C16H17Cl2NO. The summed E-state index contributed by atoms with van der Waals surface area (Å²) in [6.07, 6.45) is 0. The average molecular weight is 310 g/mol. The van der Waals surface area contributed by atoms with Crippen LogP contribution in [0.3, 0.4) is 0 Å². The maximum absolute atomic E-state index is 6.42. The Morgan fingerprint density at radius 2 is 1.90 bits per heavy atom. The Bertz CT molecular complexity index is 613. The van der Waals surface area contributed by atoms with Crippen molar-refractivity contribution in [1.82, 2.24) is 5.32 Å². The van der Waals surface area contributed by atoms with Gasteiger partial charge in [-0.3, -0.25) is 0 Å². The van der Waals surface area contributed by atoms with Gasteiger partial charge in [0.1, 0.15) is 5.75 Å². The van der Waals surface area contributed by atoms with E-state index in [1.807, 2.05) is 50.4 Å². The molecule has 0 aliphatic carbocycles. The van der Waals surface area contributed by atoms with Crippen LogP contribution in [-0.4, -0.2) is 14.2 Å². The molecule has 0 spiro atoms. The highest BCUT2D eigenvalue weighted by atomic mass is 35.5. The maximum atomic E-state index is 6.42. The third kappa shape index (κ3) is 2.93. The molecule has 0 amide bonds. The standard InChI is InChI=1S/C16H17Cl2NO/c1-10-5-4-6-12(15(10)18)16(19-2)11-7-8-14(20-3)13(17)9-11/h4-9,16,19H,1-3H3. The Morgan fingerprint density at radius 1 is 1.15 bits per heavy atom. The van der Waals surface area contributed by atoms with E-state index in [0.29, 0.717) is 10.8 Å². The van der Waals surface area contributed by atoms with Gasteiger partial charge in [-0.2, -0.15) is 0 Å². The molecule has 2 aromatic carbocycles. The first kappa shape index (κ1) is 15.2. The van der Waals surface area contributed by atoms with Crippen LogP contribution in [0.25, 0.3) is 0 Å². The maximum Gasteiger partial charge on any atom is 0.137 e. The van der Waals surface area contributed by atoms with Crippen molar-refractivity contribution in [3.05, 3.63) is 63.1 Å². The van der Waals surface area contributed by atoms with E-state index in [9.17, 15) is 0 Å². The van der Waals surface area contributed by atoms with E-state index in [4.69, 9.17) is 27.9 Å². The number of nitrogens with one attached hydrogen (secondary N) is 1. The first-order valence-electron chi connectivity index (χ1n) is 6.34. The molecule has 20 heavy (non-hydrogen) atoms. The molecule has 1 unspecified atom stereocenters. The third-order valence-corrected chi connectivity index (χ3v) is 4.14. The molecule has 106 valence electrons. The minimum atomic E-state index is -0.00851. The quantitative estimate of drug-likeness (QED) is 0.890. The lowest BCUT2D eigenvalue weighted by molar-refractivity contribution is 0.414. The summed E-state index contributed by atoms with van der Waals surface area (Å²) in [7, 11) is 3.51. The molecule has 2 rings (SSSR count). The van der Waals surface area contributed by atoms with Gasteiger partial charge in [-0.05, 0) is 42.8 Å². The highest BCUT2D eigenvalue weighted by molar-refractivity contribution is 6.32. The fourth-order valence-corrected chi connectivity index (χ4v) is 2.76. The smallest absolute Gasteiger partial charge is 0.137 e. The van der Waals surface area contributed by atoms with Crippen molar-refractivity contribution in [2.45, 2.75) is 13.0 Å². The normalized spacial score (nSPS) is 12.2. The third-order valence-electron chi connectivity index (χ3n) is 3.33. The molecule has 2 nitrogen and oxygen atoms in total. The summed E-state index contributed by atoms with van der Waals surface area (Å²) in [5.41, 5.74) is 3.14. The van der Waals surface area contributed by atoms with E-state index >= 15 is 0 Å². The van der Waals surface area contributed by atoms with E-state index in [0.717, 1.165) is 21.7 Å². The zero-order valence-electron chi connectivity index (χ0n) is 11.7. The lowest BCUT2D eigenvalue weighted by Gasteiger charge is -2.20. The van der Waals surface area contributed by atoms with E-state index in [-0.39, 0.29) is 6.04 Å². The molecule has 0 aromatic heterocycles. The zero-order chi connectivity index (χ0) is 14.7. The Balaban J connectivity index is 2.47. The largest absolute Gasteiger partial charge is 0.495 e. The molecule has 1 N–H and O–H groups in total. The Morgan fingerprint density at radius 3 is 2.50 bits per heavy atom. The topological polar surface area (TPSA) is 21.3 Å². The van der Waals surface area contributed by atoms with Gasteiger partial charge >= 0.3 is 0 Å². The van der Waals surface area contributed by atoms with E-state index in [1.165, 1.54) is 0 Å². The predicted molar refractivity (Wildman–Crippen MR) is 85.1 cm³/mol. The molecule has 2 aromatic rings. The number of aryl methyl sites for hydroxylation is 1. The number of hydrogen-bond donors (Lipinski definition) is 1. The van der Waals surface area contributed by atoms with Crippen molar-refractivity contribution < 1.29 is 4.74 Å². The fraction of sp³-hybridized carbons (Fsp3) is 0.250. The van der Waals surface area contributed by atoms with Gasteiger partial charge in [0, 0.05) is 5.02 Å². The van der Waals surface area contributed by atoms with Gasteiger partial charge in [0.05, 0.1) is 18.2 Å². The predicted octanol–water partition coefficient (Wildman–Crippen LogP) is 4.62. The Labute approximate surface area is 129 Å². The van der Waals surface area contributed by atoms with Gasteiger partial charge in [0.2, 0.25) is 0 Å². The van der Waals surface area contributed by atoms with Gasteiger partial charge < -0.3 is 10.1 Å². The van der Waals surface area contributed by atoms with E-state index in [2.05, 4.69) is 5.32 Å². The van der Waals surface area contributed by atoms with Gasteiger partial charge in [0.15, 0.2) is 0 Å². The second-order valence-corrected chi connectivity index (χ2v) is 5.38. The van der Waals surface area contributed by atoms with Crippen LogP contribution in [0.4, 0.5) is 0 Å². The van der Waals surface area contributed by atoms with Crippen LogP contribution in [0.5, 0.6) is 5.75 Å². The van der Waals surface area contributed by atoms with Crippen LogP contribution in [0, 0.1) is 6.92 Å². The molecule has 0 heterocycles. The van der Waals surface area contributed by atoms with Crippen LogP contribution in [0.1, 0.15) is 22.7 Å². The fourth-order valence-electron chi connectivity index (χ4n) is 2.26. The lowest BCUT2D eigenvalue weighted by Crippen LogP contribution is -2.18. The molecule has 1 atom stereocenters. The molecule has 0 radical (unpaired) electrons. The van der Waals surface area contributed by atoms with Crippen LogP contribution in [-0.2, 0) is 0 Å². The Hall–Kier alpha value is -1.22. The highest BCUT2D eigenvalue weighted by Crippen LogP contribution is 2.33. The SMILES string of the molecule is CNC(c1ccc(OC)c(Cl)c1)c1cccc(C)c1Cl. The number of methoxy groups -OCH3 is 1. The second kappa shape index (κ2) is 6.49. The number of rotatable bonds is 4. The number of ether oxygens (including phenoxy) is 1. The average Bonchev–Trinajstić information content (AvgIpc) is 2.44. The molecule has 0 saturated carbocycles. The van der Waals surface area contributed by atoms with Crippen molar-refractivity contribution >= 4 is 23.2 Å². The first-order chi connectivity index (χ1) is 9.58. The summed E-state index contributed by atoms with van der Waals surface area (Å²) in [6, 6.07) is 11.8. The van der Waals surface area contributed by atoms with Crippen molar-refractivity contribution in [2.75, 3.05) is 14.2 Å². The van der Waals surface area contributed by atoms with Gasteiger partial charge in [-0.25, -0.2) is 0 Å². The van der Waals surface area contributed by atoms with E-state index < -0.39 is 0 Å². The molecule has 0 aliphatic rings. The summed E-state index contributed by atoms with van der Waals surface area (Å²) in [5.74, 6) is 0.667. The summed E-state index contributed by atoms with van der Waals surface area (Å²) in [4.78, 5) is 0. The number of hydrogen-bond acceptors (Lipinski definition) is 2. The van der Waals surface area contributed by atoms with Crippen molar-refractivity contribution in [3.8, 4) is 5.75 Å². The first-order valence-corrected chi connectivity index (χ1v) is 7.09. The molecule has 0 aliphatic heterocycles. The molecule has 4 heteroatoms.